The highest BCUT2D eigenvalue weighted by molar-refractivity contribution is 5.40. The SMILES string of the molecule is C[C@]12C(C34CC(N)C=C[C@]3(C)[C@@H]3CC[C@]5(C)C(O)CC[C@H]5[C@@H]3C(O)C4)=CC(N)CC1CC[C@@H]1[C@H]2CC[C@]2(C)C(O)CC[C@@H]12. The van der Waals surface area contributed by atoms with Gasteiger partial charge in [0.05, 0.1) is 18.3 Å². The average molecular weight is 593 g/mol. The molecule has 0 amide bonds. The van der Waals surface area contributed by atoms with Crippen LogP contribution in [-0.2, 0) is 0 Å². The van der Waals surface area contributed by atoms with Crippen LogP contribution in [-0.4, -0.2) is 45.7 Å². The predicted octanol–water partition coefficient (Wildman–Crippen LogP) is 5.71. The van der Waals surface area contributed by atoms with Gasteiger partial charge in [-0.25, -0.2) is 0 Å². The third-order valence-corrected chi connectivity index (χ3v) is 17.2. The van der Waals surface area contributed by atoms with Crippen LogP contribution in [0, 0.1) is 68.5 Å². The van der Waals surface area contributed by atoms with Crippen LogP contribution in [0.4, 0.5) is 0 Å². The molecule has 8 aliphatic carbocycles. The van der Waals surface area contributed by atoms with E-state index >= 15 is 0 Å². The van der Waals surface area contributed by atoms with Gasteiger partial charge in [0, 0.05) is 17.5 Å². The van der Waals surface area contributed by atoms with Gasteiger partial charge in [-0.05, 0) is 147 Å². The Bertz CT molecular complexity index is 1220. The molecule has 7 unspecified atom stereocenters. The summed E-state index contributed by atoms with van der Waals surface area (Å²) in [6.07, 6.45) is 20.2. The molecule has 17 atom stereocenters. The van der Waals surface area contributed by atoms with E-state index in [9.17, 15) is 15.3 Å². The van der Waals surface area contributed by atoms with Crippen LogP contribution in [0.2, 0.25) is 0 Å². The van der Waals surface area contributed by atoms with Gasteiger partial charge in [-0.15, -0.1) is 0 Å². The first-order chi connectivity index (χ1) is 20.3. The molecule has 5 heteroatoms. The summed E-state index contributed by atoms with van der Waals surface area (Å²) in [5.74, 6) is 3.41. The fourth-order valence-electron chi connectivity index (χ4n) is 15.0. The van der Waals surface area contributed by atoms with Gasteiger partial charge in [-0.1, -0.05) is 51.5 Å². The topological polar surface area (TPSA) is 113 Å². The highest BCUT2D eigenvalue weighted by Gasteiger charge is 2.70. The van der Waals surface area contributed by atoms with Crippen LogP contribution >= 0.6 is 0 Å². The van der Waals surface area contributed by atoms with Gasteiger partial charge in [0.2, 0.25) is 0 Å². The summed E-state index contributed by atoms with van der Waals surface area (Å²) in [5.41, 5.74) is 15.2. The maximum absolute atomic E-state index is 12.4. The number of hydrogen-bond acceptors (Lipinski definition) is 5. The van der Waals surface area contributed by atoms with Crippen molar-refractivity contribution >= 4 is 0 Å². The second kappa shape index (κ2) is 9.43. The molecule has 0 aromatic heterocycles. The molecule has 0 radical (unpaired) electrons. The summed E-state index contributed by atoms with van der Waals surface area (Å²) in [6, 6.07) is 0.0427. The molecule has 6 fully saturated rings. The largest absolute Gasteiger partial charge is 0.393 e. The number of fused-ring (bicyclic) bond motifs is 10. The van der Waals surface area contributed by atoms with Gasteiger partial charge in [0.25, 0.3) is 0 Å². The predicted molar refractivity (Wildman–Crippen MR) is 171 cm³/mol. The quantitative estimate of drug-likeness (QED) is 0.250. The molecule has 8 rings (SSSR count). The lowest BCUT2D eigenvalue weighted by molar-refractivity contribution is -0.182. The minimum Gasteiger partial charge on any atom is -0.393 e. The Morgan fingerprint density at radius 3 is 2.07 bits per heavy atom. The van der Waals surface area contributed by atoms with Gasteiger partial charge < -0.3 is 26.8 Å². The fourth-order valence-corrected chi connectivity index (χ4v) is 15.0. The zero-order chi connectivity index (χ0) is 30.3. The van der Waals surface area contributed by atoms with E-state index in [-0.39, 0.29) is 63.4 Å². The molecule has 0 bridgehead atoms. The van der Waals surface area contributed by atoms with Crippen LogP contribution in [0.1, 0.15) is 111 Å². The molecule has 0 heterocycles. The van der Waals surface area contributed by atoms with Crippen molar-refractivity contribution in [2.45, 2.75) is 142 Å². The number of nitrogens with two attached hydrogens (primary N) is 2. The molecule has 5 nitrogen and oxygen atoms in total. The maximum atomic E-state index is 12.4. The second-order valence-electron chi connectivity index (χ2n) is 18.3. The van der Waals surface area contributed by atoms with E-state index < -0.39 is 0 Å². The summed E-state index contributed by atoms with van der Waals surface area (Å²) in [4.78, 5) is 0. The molecule has 0 saturated heterocycles. The molecule has 43 heavy (non-hydrogen) atoms. The summed E-state index contributed by atoms with van der Waals surface area (Å²) in [5, 5.41) is 34.6. The summed E-state index contributed by atoms with van der Waals surface area (Å²) >= 11 is 0. The number of rotatable bonds is 1. The van der Waals surface area contributed by atoms with Crippen molar-refractivity contribution in [2.75, 3.05) is 0 Å². The molecule has 6 saturated carbocycles. The van der Waals surface area contributed by atoms with Crippen molar-refractivity contribution < 1.29 is 15.3 Å². The van der Waals surface area contributed by atoms with Gasteiger partial charge in [0.15, 0.2) is 0 Å². The second-order valence-corrected chi connectivity index (χ2v) is 18.3. The monoisotopic (exact) mass is 592 g/mol. The molecule has 8 aliphatic rings. The zero-order valence-corrected chi connectivity index (χ0v) is 27.3. The van der Waals surface area contributed by atoms with E-state index in [4.69, 9.17) is 11.5 Å². The highest BCUT2D eigenvalue weighted by Crippen LogP contribution is 2.76. The molecule has 0 aromatic carbocycles. The van der Waals surface area contributed by atoms with E-state index in [0.29, 0.717) is 35.5 Å². The third kappa shape index (κ3) is 3.59. The van der Waals surface area contributed by atoms with Crippen LogP contribution in [0.3, 0.4) is 0 Å². The van der Waals surface area contributed by atoms with Crippen molar-refractivity contribution in [3.05, 3.63) is 23.8 Å². The smallest absolute Gasteiger partial charge is 0.0596 e. The lowest BCUT2D eigenvalue weighted by atomic mass is 9.34. The molecule has 7 N–H and O–H groups in total. The minimum absolute atomic E-state index is 0.0147. The van der Waals surface area contributed by atoms with E-state index in [0.717, 1.165) is 57.8 Å². The molecular weight excluding hydrogens is 532 g/mol. The Morgan fingerprint density at radius 1 is 0.698 bits per heavy atom. The molecule has 0 spiro atoms. The Labute approximate surface area is 260 Å². The van der Waals surface area contributed by atoms with Crippen molar-refractivity contribution in [3.8, 4) is 0 Å². The number of hydrogen-bond donors (Lipinski definition) is 5. The first-order valence-electron chi connectivity index (χ1n) is 18.3. The minimum atomic E-state index is -0.383. The van der Waals surface area contributed by atoms with Gasteiger partial charge in [0.1, 0.15) is 0 Å². The van der Waals surface area contributed by atoms with E-state index in [1.165, 1.54) is 25.7 Å². The normalized spacial score (nSPS) is 62.3. The zero-order valence-electron chi connectivity index (χ0n) is 27.3. The summed E-state index contributed by atoms with van der Waals surface area (Å²) in [6.45, 7) is 9.87. The van der Waals surface area contributed by atoms with Crippen molar-refractivity contribution in [3.63, 3.8) is 0 Å². The van der Waals surface area contributed by atoms with Gasteiger partial charge in [-0.3, -0.25) is 0 Å². The van der Waals surface area contributed by atoms with Crippen LogP contribution in [0.5, 0.6) is 0 Å². The Balaban J connectivity index is 1.25. The first-order valence-corrected chi connectivity index (χ1v) is 18.3. The number of aliphatic hydroxyl groups is 3. The van der Waals surface area contributed by atoms with Gasteiger partial charge >= 0.3 is 0 Å². The van der Waals surface area contributed by atoms with Crippen molar-refractivity contribution in [2.24, 2.45) is 80.0 Å². The van der Waals surface area contributed by atoms with Crippen molar-refractivity contribution in [1.82, 2.24) is 0 Å². The van der Waals surface area contributed by atoms with E-state index in [2.05, 4.69) is 45.9 Å². The third-order valence-electron chi connectivity index (χ3n) is 17.2. The number of allylic oxidation sites excluding steroid dienone is 2. The van der Waals surface area contributed by atoms with E-state index in [1.54, 1.807) is 5.57 Å². The maximum Gasteiger partial charge on any atom is 0.0596 e. The molecule has 0 aromatic rings. The standard InChI is InChI=1S/C38H60N2O3/c1-34-14-12-26-24(25(34)7-9-31(34)42)6-5-21-17-23(40)18-30(37(21,26)4)38-19-22(39)11-16-36(38,3)28-13-15-35(2)27(8-10-32(35)43)33(28)29(41)20-38/h11,16,18,21-29,31-33,41-43H,5-10,12-15,17,19-20,39-40H2,1-4H3/t21?,22?,23?,24-,25-,26+,27-,28+,29?,31?,32?,33-,34-,35-,36+,37-,38?/m0/s1. The Kier molecular flexibility index (Phi) is 6.51. The molecule has 240 valence electrons. The van der Waals surface area contributed by atoms with E-state index in [1.807, 2.05) is 0 Å². The Morgan fingerprint density at radius 2 is 1.35 bits per heavy atom. The Hall–Kier alpha value is -0.720. The average Bonchev–Trinajstić information content (AvgIpc) is 3.44. The number of aliphatic hydroxyl groups excluding tert-OH is 3. The first kappa shape index (κ1) is 29.7. The van der Waals surface area contributed by atoms with Crippen LogP contribution < -0.4 is 11.5 Å². The summed E-state index contributed by atoms with van der Waals surface area (Å²) in [7, 11) is 0. The molecular formula is C38H60N2O3. The fraction of sp³-hybridized carbons (Fsp3) is 0.895. The lowest BCUT2D eigenvalue weighted by Crippen LogP contribution is -2.66. The van der Waals surface area contributed by atoms with Crippen LogP contribution in [0.25, 0.3) is 0 Å². The van der Waals surface area contributed by atoms with Crippen molar-refractivity contribution in [1.29, 1.82) is 0 Å². The summed E-state index contributed by atoms with van der Waals surface area (Å²) < 4.78 is 0. The molecule has 0 aliphatic heterocycles. The highest BCUT2D eigenvalue weighted by atomic mass is 16.3. The van der Waals surface area contributed by atoms with Gasteiger partial charge in [-0.2, -0.15) is 0 Å². The lowest BCUT2D eigenvalue weighted by Gasteiger charge is -2.70. The van der Waals surface area contributed by atoms with Crippen LogP contribution in [0.15, 0.2) is 23.8 Å².